The molecule has 3 nitrogen and oxygen atoms in total. The Morgan fingerprint density at radius 3 is 3.00 bits per heavy atom. The Bertz CT molecular complexity index is 466. The minimum atomic E-state index is 0.395. The van der Waals surface area contributed by atoms with Crippen molar-refractivity contribution in [3.63, 3.8) is 0 Å². The standard InChI is InChI=1S/C16H23NO2S/c1-18-11-6-7-15-12(10-11)13(8-9-19-15)17-14-4-3-5-16(14)20-2/h6-7,10,13-14,16-17H,3-5,8-9H2,1-2H3. The lowest BCUT2D eigenvalue weighted by Gasteiger charge is -2.31. The molecule has 0 amide bonds. The third kappa shape index (κ3) is 2.77. The molecule has 0 bridgehead atoms. The maximum absolute atomic E-state index is 5.77. The number of thioether (sulfide) groups is 1. The number of rotatable bonds is 4. The lowest BCUT2D eigenvalue weighted by molar-refractivity contribution is 0.243. The molecule has 20 heavy (non-hydrogen) atoms. The molecule has 1 N–H and O–H groups in total. The van der Waals surface area contributed by atoms with Crippen LogP contribution in [0.15, 0.2) is 18.2 Å². The summed E-state index contributed by atoms with van der Waals surface area (Å²) in [6.07, 6.45) is 7.25. The van der Waals surface area contributed by atoms with Gasteiger partial charge in [-0.25, -0.2) is 0 Å². The molecule has 4 heteroatoms. The summed E-state index contributed by atoms with van der Waals surface area (Å²) in [6.45, 7) is 0.799. The molecule has 0 aromatic heterocycles. The molecular formula is C16H23NO2S. The Morgan fingerprint density at radius 1 is 1.30 bits per heavy atom. The first-order chi connectivity index (χ1) is 9.81. The van der Waals surface area contributed by atoms with Crippen LogP contribution in [0, 0.1) is 0 Å². The Morgan fingerprint density at radius 2 is 2.20 bits per heavy atom. The van der Waals surface area contributed by atoms with E-state index in [0.717, 1.165) is 29.8 Å². The summed E-state index contributed by atoms with van der Waals surface area (Å²) in [5.74, 6) is 1.92. The summed E-state index contributed by atoms with van der Waals surface area (Å²) in [5, 5.41) is 4.63. The highest BCUT2D eigenvalue weighted by molar-refractivity contribution is 7.99. The van der Waals surface area contributed by atoms with E-state index in [1.807, 2.05) is 23.9 Å². The summed E-state index contributed by atoms with van der Waals surface area (Å²) in [5.41, 5.74) is 1.25. The van der Waals surface area contributed by atoms with Crippen LogP contribution in [-0.2, 0) is 0 Å². The Hall–Kier alpha value is -0.870. The molecule has 1 aromatic carbocycles. The molecule has 1 aliphatic heterocycles. The molecule has 1 heterocycles. The normalized spacial score (nSPS) is 28.8. The van der Waals surface area contributed by atoms with Gasteiger partial charge in [-0.3, -0.25) is 0 Å². The number of benzene rings is 1. The molecular weight excluding hydrogens is 270 g/mol. The van der Waals surface area contributed by atoms with E-state index in [4.69, 9.17) is 9.47 Å². The second kappa shape index (κ2) is 6.27. The predicted octanol–water partition coefficient (Wildman–Crippen LogP) is 3.39. The first kappa shape index (κ1) is 14.1. The Labute approximate surface area is 125 Å². The fourth-order valence-corrected chi connectivity index (χ4v) is 4.28. The van der Waals surface area contributed by atoms with Crippen LogP contribution < -0.4 is 14.8 Å². The summed E-state index contributed by atoms with van der Waals surface area (Å²) >= 11 is 2.00. The smallest absolute Gasteiger partial charge is 0.124 e. The van der Waals surface area contributed by atoms with Crippen molar-refractivity contribution in [2.45, 2.75) is 43.0 Å². The third-order valence-electron chi connectivity index (χ3n) is 4.43. The topological polar surface area (TPSA) is 30.5 Å². The maximum atomic E-state index is 5.77. The van der Waals surface area contributed by atoms with Crippen LogP contribution in [0.25, 0.3) is 0 Å². The first-order valence-corrected chi connectivity index (χ1v) is 8.70. The van der Waals surface area contributed by atoms with Crippen LogP contribution in [0.2, 0.25) is 0 Å². The van der Waals surface area contributed by atoms with Crippen LogP contribution in [0.4, 0.5) is 0 Å². The fourth-order valence-electron chi connectivity index (χ4n) is 3.33. The van der Waals surface area contributed by atoms with Crippen molar-refractivity contribution in [2.75, 3.05) is 20.0 Å². The van der Waals surface area contributed by atoms with Gasteiger partial charge in [0.25, 0.3) is 0 Å². The van der Waals surface area contributed by atoms with Crippen molar-refractivity contribution in [2.24, 2.45) is 0 Å². The highest BCUT2D eigenvalue weighted by Gasteiger charge is 2.31. The van der Waals surface area contributed by atoms with Crippen LogP contribution >= 0.6 is 11.8 Å². The number of ether oxygens (including phenoxy) is 2. The molecule has 1 saturated carbocycles. The van der Waals surface area contributed by atoms with E-state index in [2.05, 4.69) is 17.6 Å². The Balaban J connectivity index is 1.78. The van der Waals surface area contributed by atoms with Crippen molar-refractivity contribution >= 4 is 11.8 Å². The summed E-state index contributed by atoms with van der Waals surface area (Å²) < 4.78 is 11.1. The Kier molecular flexibility index (Phi) is 4.41. The number of fused-ring (bicyclic) bond motifs is 1. The highest BCUT2D eigenvalue weighted by atomic mass is 32.2. The minimum absolute atomic E-state index is 0.395. The zero-order valence-corrected chi connectivity index (χ0v) is 13.0. The van der Waals surface area contributed by atoms with Gasteiger partial charge in [-0.15, -0.1) is 0 Å². The van der Waals surface area contributed by atoms with Gasteiger partial charge in [-0.2, -0.15) is 11.8 Å². The predicted molar refractivity (Wildman–Crippen MR) is 83.9 cm³/mol. The van der Waals surface area contributed by atoms with Crippen molar-refractivity contribution in [1.82, 2.24) is 5.32 Å². The second-order valence-electron chi connectivity index (χ2n) is 5.57. The lowest BCUT2D eigenvalue weighted by Crippen LogP contribution is -2.38. The van der Waals surface area contributed by atoms with Gasteiger partial charge in [0, 0.05) is 29.3 Å². The van der Waals surface area contributed by atoms with Gasteiger partial charge >= 0.3 is 0 Å². The van der Waals surface area contributed by atoms with Gasteiger partial charge in [0.15, 0.2) is 0 Å². The zero-order chi connectivity index (χ0) is 13.9. The first-order valence-electron chi connectivity index (χ1n) is 7.41. The molecule has 1 aliphatic carbocycles. The quantitative estimate of drug-likeness (QED) is 0.922. The molecule has 0 saturated heterocycles. The molecule has 2 aliphatic rings. The van der Waals surface area contributed by atoms with Gasteiger partial charge in [-0.1, -0.05) is 6.42 Å². The molecule has 110 valence electrons. The van der Waals surface area contributed by atoms with Crippen molar-refractivity contribution in [1.29, 1.82) is 0 Å². The number of methoxy groups -OCH3 is 1. The van der Waals surface area contributed by atoms with Crippen LogP contribution in [-0.4, -0.2) is 31.3 Å². The summed E-state index contributed by atoms with van der Waals surface area (Å²) in [4.78, 5) is 0. The fraction of sp³-hybridized carbons (Fsp3) is 0.625. The van der Waals surface area contributed by atoms with Crippen LogP contribution in [0.3, 0.4) is 0 Å². The lowest BCUT2D eigenvalue weighted by atomic mass is 9.99. The van der Waals surface area contributed by atoms with Gasteiger partial charge in [-0.05, 0) is 37.3 Å². The minimum Gasteiger partial charge on any atom is -0.497 e. The van der Waals surface area contributed by atoms with E-state index in [9.17, 15) is 0 Å². The van der Waals surface area contributed by atoms with E-state index >= 15 is 0 Å². The maximum Gasteiger partial charge on any atom is 0.124 e. The average molecular weight is 293 g/mol. The zero-order valence-electron chi connectivity index (χ0n) is 12.2. The van der Waals surface area contributed by atoms with Gasteiger partial charge in [0.1, 0.15) is 11.5 Å². The van der Waals surface area contributed by atoms with Crippen molar-refractivity contribution in [3.05, 3.63) is 23.8 Å². The van der Waals surface area contributed by atoms with Crippen molar-refractivity contribution < 1.29 is 9.47 Å². The second-order valence-corrected chi connectivity index (χ2v) is 6.65. The van der Waals surface area contributed by atoms with Gasteiger partial charge in [0.2, 0.25) is 0 Å². The van der Waals surface area contributed by atoms with Crippen LogP contribution in [0.5, 0.6) is 11.5 Å². The van der Waals surface area contributed by atoms with E-state index < -0.39 is 0 Å². The molecule has 3 rings (SSSR count). The number of hydrogen-bond donors (Lipinski definition) is 1. The largest absolute Gasteiger partial charge is 0.497 e. The SMILES string of the molecule is COc1ccc2c(c1)C(NC1CCCC1SC)CCO2. The van der Waals surface area contributed by atoms with Crippen molar-refractivity contribution in [3.8, 4) is 11.5 Å². The molecule has 1 aromatic rings. The van der Waals surface area contributed by atoms with E-state index in [1.54, 1.807) is 7.11 Å². The molecule has 3 atom stereocenters. The van der Waals surface area contributed by atoms with E-state index in [0.29, 0.717) is 12.1 Å². The monoisotopic (exact) mass is 293 g/mol. The molecule has 3 unspecified atom stereocenters. The van der Waals surface area contributed by atoms with E-state index in [1.165, 1.54) is 24.8 Å². The number of hydrogen-bond acceptors (Lipinski definition) is 4. The van der Waals surface area contributed by atoms with E-state index in [-0.39, 0.29) is 0 Å². The average Bonchev–Trinajstić information content (AvgIpc) is 2.94. The van der Waals surface area contributed by atoms with Gasteiger partial charge in [0.05, 0.1) is 13.7 Å². The van der Waals surface area contributed by atoms with Gasteiger partial charge < -0.3 is 14.8 Å². The number of nitrogens with one attached hydrogen (secondary N) is 1. The molecule has 1 fully saturated rings. The summed E-state index contributed by atoms with van der Waals surface area (Å²) in [7, 11) is 1.72. The third-order valence-corrected chi connectivity index (χ3v) is 5.60. The van der Waals surface area contributed by atoms with Crippen LogP contribution in [0.1, 0.15) is 37.3 Å². The molecule has 0 radical (unpaired) electrons. The summed E-state index contributed by atoms with van der Waals surface area (Å²) in [6, 6.07) is 7.15. The highest BCUT2D eigenvalue weighted by Crippen LogP contribution is 2.37. The molecule has 0 spiro atoms.